The van der Waals surface area contributed by atoms with Crippen molar-refractivity contribution >= 4 is 22.5 Å². The second-order valence-corrected chi connectivity index (χ2v) is 6.72. The Kier molecular flexibility index (Phi) is 4.95. The smallest absolute Gasteiger partial charge is 0.291 e. The van der Waals surface area contributed by atoms with Gasteiger partial charge in [-0.2, -0.15) is 5.10 Å². The molecular weight excluding hydrogens is 350 g/mol. The first-order valence-corrected chi connectivity index (χ1v) is 9.16. The quantitative estimate of drug-likeness (QED) is 0.672. The fourth-order valence-electron chi connectivity index (χ4n) is 3.36. The number of rotatable bonds is 6. The zero-order chi connectivity index (χ0) is 18.8. The monoisotopic (exact) mass is 373 g/mol. The van der Waals surface area contributed by atoms with Crippen molar-refractivity contribution in [2.24, 2.45) is 0 Å². The van der Waals surface area contributed by atoms with Crippen molar-refractivity contribution in [2.75, 3.05) is 39.4 Å². The van der Waals surface area contributed by atoms with Crippen LogP contribution in [-0.2, 0) is 16.1 Å². The van der Waals surface area contributed by atoms with E-state index in [2.05, 4.69) is 15.3 Å². The molecule has 1 aliphatic rings. The molecule has 0 radical (unpaired) electrons. The minimum Gasteiger partial charge on any atom is -0.460 e. The molecule has 0 saturated carbocycles. The molecule has 0 bridgehead atoms. The lowest BCUT2D eigenvalue weighted by atomic mass is 10.3. The molecule has 144 valence electrons. The van der Waals surface area contributed by atoms with Crippen LogP contribution >= 0.6 is 0 Å². The number of ether oxygens (including phenoxy) is 1. The third-order valence-electron chi connectivity index (χ3n) is 4.81. The molecule has 4 heterocycles. The third-order valence-corrected chi connectivity index (χ3v) is 4.81. The van der Waals surface area contributed by atoms with Gasteiger partial charge in [0.05, 0.1) is 25.3 Å². The largest absolute Gasteiger partial charge is 0.460 e. The van der Waals surface area contributed by atoms with Gasteiger partial charge >= 0.3 is 0 Å². The van der Waals surface area contributed by atoms with Gasteiger partial charge in [-0.15, -0.1) is 0 Å². The average Bonchev–Trinajstić information content (AvgIpc) is 3.19. The van der Waals surface area contributed by atoms with E-state index in [1.807, 2.05) is 13.0 Å². The van der Waals surface area contributed by atoms with Crippen molar-refractivity contribution in [3.63, 3.8) is 0 Å². The summed E-state index contributed by atoms with van der Waals surface area (Å²) in [6.45, 7) is 6.78. The lowest BCUT2D eigenvalue weighted by molar-refractivity contribution is -0.121. The number of hydrogen-bond acceptors (Lipinski definition) is 6. The molecule has 1 N–H and O–H groups in total. The van der Waals surface area contributed by atoms with Gasteiger partial charge in [0.25, 0.3) is 5.56 Å². The van der Waals surface area contributed by atoms with Gasteiger partial charge in [-0.3, -0.25) is 18.9 Å². The SMILES string of the molecule is Cc1cc2c(cc3c(=O)n(CCC(=O)NCCN4CCOCC4)ncn32)o1. The van der Waals surface area contributed by atoms with Gasteiger partial charge < -0.3 is 14.5 Å². The summed E-state index contributed by atoms with van der Waals surface area (Å²) in [6.07, 6.45) is 1.80. The molecule has 0 unspecified atom stereocenters. The van der Waals surface area contributed by atoms with Crippen LogP contribution in [0.1, 0.15) is 12.2 Å². The van der Waals surface area contributed by atoms with Crippen molar-refractivity contribution in [1.82, 2.24) is 24.4 Å². The molecule has 9 heteroatoms. The zero-order valence-corrected chi connectivity index (χ0v) is 15.3. The van der Waals surface area contributed by atoms with Gasteiger partial charge in [-0.25, -0.2) is 4.68 Å². The first-order chi connectivity index (χ1) is 13.1. The summed E-state index contributed by atoms with van der Waals surface area (Å²) in [5.41, 5.74) is 1.74. The highest BCUT2D eigenvalue weighted by molar-refractivity contribution is 5.82. The molecule has 27 heavy (non-hydrogen) atoms. The molecule has 0 spiro atoms. The summed E-state index contributed by atoms with van der Waals surface area (Å²) >= 11 is 0. The Hall–Kier alpha value is -2.65. The van der Waals surface area contributed by atoms with Crippen LogP contribution in [0.4, 0.5) is 0 Å². The number of nitrogens with one attached hydrogen (secondary N) is 1. The normalized spacial score (nSPS) is 15.6. The number of fused-ring (bicyclic) bond motifs is 3. The summed E-state index contributed by atoms with van der Waals surface area (Å²) < 4.78 is 13.9. The predicted molar refractivity (Wildman–Crippen MR) is 98.8 cm³/mol. The molecule has 1 amide bonds. The molecule has 9 nitrogen and oxygen atoms in total. The molecule has 3 aromatic rings. The van der Waals surface area contributed by atoms with Crippen LogP contribution in [0, 0.1) is 6.92 Å². The van der Waals surface area contributed by atoms with E-state index in [1.54, 1.807) is 16.8 Å². The minimum absolute atomic E-state index is 0.0865. The molecule has 1 aliphatic heterocycles. The van der Waals surface area contributed by atoms with E-state index in [-0.39, 0.29) is 24.4 Å². The van der Waals surface area contributed by atoms with E-state index in [1.165, 1.54) is 4.68 Å². The predicted octanol–water partition coefficient (Wildman–Crippen LogP) is 0.389. The van der Waals surface area contributed by atoms with Crippen LogP contribution in [0.3, 0.4) is 0 Å². The topological polar surface area (TPSA) is 94.0 Å². The van der Waals surface area contributed by atoms with Crippen LogP contribution in [0.15, 0.2) is 27.7 Å². The number of carbonyl (C=O) groups excluding carboxylic acids is 1. The minimum atomic E-state index is -0.234. The molecule has 0 aliphatic carbocycles. The van der Waals surface area contributed by atoms with Gasteiger partial charge in [0.15, 0.2) is 5.58 Å². The van der Waals surface area contributed by atoms with E-state index in [0.717, 1.165) is 44.1 Å². The number of carbonyl (C=O) groups is 1. The summed E-state index contributed by atoms with van der Waals surface area (Å²) in [4.78, 5) is 26.9. The van der Waals surface area contributed by atoms with Crippen molar-refractivity contribution in [2.45, 2.75) is 19.9 Å². The average molecular weight is 373 g/mol. The number of furan rings is 1. The Labute approximate surface area is 155 Å². The molecule has 4 rings (SSSR count). The fourth-order valence-corrected chi connectivity index (χ4v) is 3.36. The maximum absolute atomic E-state index is 12.6. The lowest BCUT2D eigenvalue weighted by Gasteiger charge is -2.26. The van der Waals surface area contributed by atoms with E-state index >= 15 is 0 Å². The Morgan fingerprint density at radius 2 is 2.04 bits per heavy atom. The van der Waals surface area contributed by atoms with Crippen LogP contribution in [0.2, 0.25) is 0 Å². The van der Waals surface area contributed by atoms with E-state index in [4.69, 9.17) is 9.15 Å². The van der Waals surface area contributed by atoms with Crippen LogP contribution in [0.25, 0.3) is 16.6 Å². The molecule has 3 aromatic heterocycles. The van der Waals surface area contributed by atoms with Crippen LogP contribution in [0.5, 0.6) is 0 Å². The Bertz CT molecular complexity index is 1010. The number of hydrogen-bond donors (Lipinski definition) is 1. The van der Waals surface area contributed by atoms with E-state index in [0.29, 0.717) is 17.6 Å². The first-order valence-electron chi connectivity index (χ1n) is 9.16. The van der Waals surface area contributed by atoms with Gasteiger partial charge in [0.2, 0.25) is 5.91 Å². The summed E-state index contributed by atoms with van der Waals surface area (Å²) in [6, 6.07) is 3.58. The Balaban J connectivity index is 1.34. The number of morpholine rings is 1. The van der Waals surface area contributed by atoms with Crippen molar-refractivity contribution < 1.29 is 13.9 Å². The number of amides is 1. The molecule has 1 fully saturated rings. The molecule has 0 atom stereocenters. The zero-order valence-electron chi connectivity index (χ0n) is 15.3. The standard InChI is InChI=1S/C18H23N5O4/c1-13-10-14-16(27-13)11-15-18(25)23(20-12-22(14)15)4-2-17(24)19-3-5-21-6-8-26-9-7-21/h10-12H,2-9H2,1H3,(H,19,24). The highest BCUT2D eigenvalue weighted by atomic mass is 16.5. The third kappa shape index (κ3) is 3.74. The van der Waals surface area contributed by atoms with Crippen molar-refractivity contribution in [3.05, 3.63) is 34.6 Å². The summed E-state index contributed by atoms with van der Waals surface area (Å²) in [5.74, 6) is 0.698. The lowest BCUT2D eigenvalue weighted by Crippen LogP contribution is -2.41. The van der Waals surface area contributed by atoms with Crippen LogP contribution < -0.4 is 10.9 Å². The molecule has 0 aromatic carbocycles. The summed E-state index contributed by atoms with van der Waals surface area (Å²) in [5, 5.41) is 7.08. The van der Waals surface area contributed by atoms with Crippen LogP contribution in [-0.4, -0.2) is 64.4 Å². The summed E-state index contributed by atoms with van der Waals surface area (Å²) in [7, 11) is 0. The van der Waals surface area contributed by atoms with E-state index in [9.17, 15) is 9.59 Å². The Morgan fingerprint density at radius 3 is 2.85 bits per heavy atom. The van der Waals surface area contributed by atoms with Crippen molar-refractivity contribution in [3.8, 4) is 0 Å². The maximum Gasteiger partial charge on any atom is 0.291 e. The first kappa shape index (κ1) is 17.7. The highest BCUT2D eigenvalue weighted by Crippen LogP contribution is 2.21. The van der Waals surface area contributed by atoms with Gasteiger partial charge in [-0.05, 0) is 6.92 Å². The fraction of sp³-hybridized carbons (Fsp3) is 0.500. The van der Waals surface area contributed by atoms with Crippen molar-refractivity contribution in [1.29, 1.82) is 0 Å². The second-order valence-electron chi connectivity index (χ2n) is 6.72. The molecule has 1 saturated heterocycles. The number of nitrogens with zero attached hydrogens (tertiary/aromatic N) is 4. The van der Waals surface area contributed by atoms with Gasteiger partial charge in [0.1, 0.15) is 17.6 Å². The second kappa shape index (κ2) is 7.53. The molecular formula is C18H23N5O4. The number of aromatic nitrogens is 3. The number of aryl methyl sites for hydroxylation is 2. The highest BCUT2D eigenvalue weighted by Gasteiger charge is 2.13. The van der Waals surface area contributed by atoms with E-state index < -0.39 is 0 Å². The Morgan fingerprint density at radius 1 is 1.22 bits per heavy atom. The van der Waals surface area contributed by atoms with Gasteiger partial charge in [-0.1, -0.05) is 0 Å². The van der Waals surface area contributed by atoms with Gasteiger partial charge in [0, 0.05) is 44.7 Å². The maximum atomic E-state index is 12.6.